The minimum atomic E-state index is -0.301. The molecule has 0 aliphatic rings. The van der Waals surface area contributed by atoms with Gasteiger partial charge in [0.1, 0.15) is 5.82 Å². The molecule has 0 bridgehead atoms. The molecule has 0 aromatic heterocycles. The van der Waals surface area contributed by atoms with Gasteiger partial charge in [0, 0.05) is 22.8 Å². The number of alkyl halides is 1. The van der Waals surface area contributed by atoms with Crippen LogP contribution in [0.15, 0.2) is 36.4 Å². The van der Waals surface area contributed by atoms with Gasteiger partial charge in [-0.3, -0.25) is 4.79 Å². The Morgan fingerprint density at radius 2 is 1.95 bits per heavy atom. The summed E-state index contributed by atoms with van der Waals surface area (Å²) in [6.45, 7) is 2.71. The minimum Gasteiger partial charge on any atom is -0.352 e. The second kappa shape index (κ2) is 6.84. The van der Waals surface area contributed by atoms with Crippen LogP contribution in [0.2, 0.25) is 0 Å². The van der Waals surface area contributed by atoms with Gasteiger partial charge in [-0.25, -0.2) is 4.39 Å². The van der Waals surface area contributed by atoms with E-state index < -0.39 is 0 Å². The summed E-state index contributed by atoms with van der Waals surface area (Å²) >= 11 is 3.39. The summed E-state index contributed by atoms with van der Waals surface area (Å²) in [6, 6.07) is 9.93. The Hall–Kier alpha value is -1.42. The molecule has 4 heteroatoms. The lowest BCUT2D eigenvalue weighted by Crippen LogP contribution is -2.28. The van der Waals surface area contributed by atoms with Crippen molar-refractivity contribution in [2.75, 3.05) is 11.9 Å². The average Bonchev–Trinajstić information content (AvgIpc) is 2.46. The Bertz CT molecular complexity index is 614. The zero-order chi connectivity index (χ0) is 14.5. The number of hydrogen-bond acceptors (Lipinski definition) is 1. The van der Waals surface area contributed by atoms with Gasteiger partial charge in [0.15, 0.2) is 0 Å². The SMILES string of the molecule is CC(CCBr)CNC(=O)c1ccc(F)c2ccccc12. The smallest absolute Gasteiger partial charge is 0.251 e. The molecule has 0 saturated heterocycles. The highest BCUT2D eigenvalue weighted by molar-refractivity contribution is 9.09. The van der Waals surface area contributed by atoms with Crippen LogP contribution in [-0.2, 0) is 0 Å². The molecule has 0 heterocycles. The number of nitrogens with one attached hydrogen (secondary N) is 1. The van der Waals surface area contributed by atoms with Gasteiger partial charge >= 0.3 is 0 Å². The zero-order valence-electron chi connectivity index (χ0n) is 11.3. The largest absolute Gasteiger partial charge is 0.352 e. The summed E-state index contributed by atoms with van der Waals surface area (Å²) in [5.41, 5.74) is 0.521. The Labute approximate surface area is 126 Å². The normalized spacial score (nSPS) is 12.3. The molecule has 106 valence electrons. The zero-order valence-corrected chi connectivity index (χ0v) is 12.9. The van der Waals surface area contributed by atoms with Crippen molar-refractivity contribution in [3.63, 3.8) is 0 Å². The lowest BCUT2D eigenvalue weighted by atomic mass is 10.0. The molecule has 1 unspecified atom stereocenters. The number of rotatable bonds is 5. The van der Waals surface area contributed by atoms with Gasteiger partial charge in [-0.2, -0.15) is 0 Å². The fourth-order valence-electron chi connectivity index (χ4n) is 2.11. The number of carbonyl (C=O) groups excluding carboxylic acids is 1. The first-order valence-electron chi connectivity index (χ1n) is 6.65. The molecule has 1 amide bonds. The molecule has 0 spiro atoms. The molecular formula is C16H17BrFNO. The number of fused-ring (bicyclic) bond motifs is 1. The molecular weight excluding hydrogens is 321 g/mol. The summed E-state index contributed by atoms with van der Waals surface area (Å²) in [6.07, 6.45) is 1.00. The van der Waals surface area contributed by atoms with E-state index in [1.54, 1.807) is 24.3 Å². The van der Waals surface area contributed by atoms with Gasteiger partial charge in [-0.1, -0.05) is 47.1 Å². The number of hydrogen-bond donors (Lipinski definition) is 1. The summed E-state index contributed by atoms with van der Waals surface area (Å²) in [5, 5.41) is 4.96. The van der Waals surface area contributed by atoms with Crippen molar-refractivity contribution in [2.45, 2.75) is 13.3 Å². The fourth-order valence-corrected chi connectivity index (χ4v) is 2.89. The van der Waals surface area contributed by atoms with Crippen LogP contribution in [0, 0.1) is 11.7 Å². The highest BCUT2D eigenvalue weighted by Gasteiger charge is 2.12. The first-order valence-corrected chi connectivity index (χ1v) is 7.77. The van der Waals surface area contributed by atoms with E-state index in [0.29, 0.717) is 28.8 Å². The second-order valence-electron chi connectivity index (χ2n) is 4.93. The lowest BCUT2D eigenvalue weighted by molar-refractivity contribution is 0.0949. The fraction of sp³-hybridized carbons (Fsp3) is 0.312. The van der Waals surface area contributed by atoms with Crippen LogP contribution in [0.4, 0.5) is 4.39 Å². The van der Waals surface area contributed by atoms with Gasteiger partial charge in [-0.15, -0.1) is 0 Å². The molecule has 2 rings (SSSR count). The van der Waals surface area contributed by atoms with Gasteiger partial charge in [0.05, 0.1) is 0 Å². The summed E-state index contributed by atoms with van der Waals surface area (Å²) in [7, 11) is 0. The topological polar surface area (TPSA) is 29.1 Å². The van der Waals surface area contributed by atoms with Crippen molar-refractivity contribution in [1.29, 1.82) is 0 Å². The number of halogens is 2. The third kappa shape index (κ3) is 3.37. The Kier molecular flexibility index (Phi) is 5.12. The Morgan fingerprint density at radius 1 is 1.25 bits per heavy atom. The number of carbonyl (C=O) groups is 1. The van der Waals surface area contributed by atoms with E-state index in [1.807, 2.05) is 6.07 Å². The van der Waals surface area contributed by atoms with E-state index in [2.05, 4.69) is 28.2 Å². The average molecular weight is 338 g/mol. The Morgan fingerprint density at radius 3 is 2.65 bits per heavy atom. The van der Waals surface area contributed by atoms with E-state index >= 15 is 0 Å². The van der Waals surface area contributed by atoms with Crippen LogP contribution in [0.1, 0.15) is 23.7 Å². The van der Waals surface area contributed by atoms with Gasteiger partial charge in [-0.05, 0) is 29.9 Å². The number of amides is 1. The third-order valence-electron chi connectivity index (χ3n) is 3.33. The van der Waals surface area contributed by atoms with Crippen LogP contribution >= 0.6 is 15.9 Å². The van der Waals surface area contributed by atoms with Crippen LogP contribution in [0.3, 0.4) is 0 Å². The molecule has 1 N–H and O–H groups in total. The first-order chi connectivity index (χ1) is 9.63. The van der Waals surface area contributed by atoms with E-state index in [9.17, 15) is 9.18 Å². The third-order valence-corrected chi connectivity index (χ3v) is 3.79. The van der Waals surface area contributed by atoms with Crippen molar-refractivity contribution < 1.29 is 9.18 Å². The lowest BCUT2D eigenvalue weighted by Gasteiger charge is -2.12. The van der Waals surface area contributed by atoms with E-state index in [1.165, 1.54) is 6.07 Å². The molecule has 1 atom stereocenters. The van der Waals surface area contributed by atoms with E-state index in [4.69, 9.17) is 0 Å². The van der Waals surface area contributed by atoms with Gasteiger partial charge in [0.25, 0.3) is 5.91 Å². The van der Waals surface area contributed by atoms with Crippen molar-refractivity contribution in [3.8, 4) is 0 Å². The van der Waals surface area contributed by atoms with Crippen molar-refractivity contribution in [3.05, 3.63) is 47.8 Å². The molecule has 2 nitrogen and oxygen atoms in total. The minimum absolute atomic E-state index is 0.150. The first kappa shape index (κ1) is 15.0. The molecule has 2 aromatic carbocycles. The molecule has 2 aromatic rings. The van der Waals surface area contributed by atoms with Crippen molar-refractivity contribution in [2.24, 2.45) is 5.92 Å². The summed E-state index contributed by atoms with van der Waals surface area (Å²) < 4.78 is 13.7. The maximum atomic E-state index is 13.7. The van der Waals surface area contributed by atoms with Crippen LogP contribution in [0.25, 0.3) is 10.8 Å². The molecule has 0 saturated carbocycles. The summed E-state index contributed by atoms with van der Waals surface area (Å²) in [5.74, 6) is -0.0440. The van der Waals surface area contributed by atoms with Crippen LogP contribution < -0.4 is 5.32 Å². The molecule has 20 heavy (non-hydrogen) atoms. The quantitative estimate of drug-likeness (QED) is 0.816. The molecule has 0 radical (unpaired) electrons. The maximum absolute atomic E-state index is 13.7. The molecule has 0 aliphatic heterocycles. The second-order valence-corrected chi connectivity index (χ2v) is 5.73. The predicted octanol–water partition coefficient (Wildman–Crippen LogP) is 4.13. The number of benzene rings is 2. The predicted molar refractivity (Wildman–Crippen MR) is 83.8 cm³/mol. The Balaban J connectivity index is 2.20. The summed E-state index contributed by atoms with van der Waals surface area (Å²) in [4.78, 5) is 12.2. The highest BCUT2D eigenvalue weighted by Crippen LogP contribution is 2.21. The molecule has 0 aliphatic carbocycles. The van der Waals surface area contributed by atoms with E-state index in [0.717, 1.165) is 11.8 Å². The maximum Gasteiger partial charge on any atom is 0.251 e. The van der Waals surface area contributed by atoms with Crippen molar-refractivity contribution >= 4 is 32.6 Å². The van der Waals surface area contributed by atoms with Crippen molar-refractivity contribution in [1.82, 2.24) is 5.32 Å². The van der Waals surface area contributed by atoms with Gasteiger partial charge in [0.2, 0.25) is 0 Å². The monoisotopic (exact) mass is 337 g/mol. The van der Waals surface area contributed by atoms with E-state index in [-0.39, 0.29) is 11.7 Å². The van der Waals surface area contributed by atoms with Gasteiger partial charge < -0.3 is 5.32 Å². The standard InChI is InChI=1S/C16H17BrFNO/c1-11(8-9-17)10-19-16(20)14-6-7-15(18)13-5-3-2-4-12(13)14/h2-7,11H,8-10H2,1H3,(H,19,20). The molecule has 0 fully saturated rings. The highest BCUT2D eigenvalue weighted by atomic mass is 79.9. The van der Waals surface area contributed by atoms with Crippen LogP contribution in [0.5, 0.6) is 0 Å². The van der Waals surface area contributed by atoms with Crippen LogP contribution in [-0.4, -0.2) is 17.8 Å².